The van der Waals surface area contributed by atoms with Crippen molar-refractivity contribution in [3.05, 3.63) is 41.5 Å². The Morgan fingerprint density at radius 3 is 2.81 bits per heavy atom. The molecule has 0 aliphatic rings. The van der Waals surface area contributed by atoms with Crippen LogP contribution in [0.25, 0.3) is 0 Å². The molecule has 0 saturated carbocycles. The maximum Gasteiger partial charge on any atom is 0.240 e. The lowest BCUT2D eigenvalue weighted by Crippen LogP contribution is -2.27. The van der Waals surface area contributed by atoms with E-state index in [0.29, 0.717) is 23.4 Å². The van der Waals surface area contributed by atoms with Crippen molar-refractivity contribution >= 4 is 10.0 Å². The molecule has 0 fully saturated rings. The number of aromatic nitrogens is 3. The van der Waals surface area contributed by atoms with Gasteiger partial charge in [-0.2, -0.15) is 5.26 Å². The predicted molar refractivity (Wildman–Crippen MR) is 75.8 cm³/mol. The van der Waals surface area contributed by atoms with Gasteiger partial charge in [0.1, 0.15) is 12.2 Å². The number of aryl methyl sites for hydroxylation is 2. The van der Waals surface area contributed by atoms with Gasteiger partial charge in [-0.1, -0.05) is 6.07 Å². The van der Waals surface area contributed by atoms with Crippen LogP contribution in [0.2, 0.25) is 0 Å². The van der Waals surface area contributed by atoms with Crippen LogP contribution < -0.4 is 4.72 Å². The zero-order chi connectivity index (χ0) is 15.5. The molecule has 1 aromatic carbocycles. The van der Waals surface area contributed by atoms with Crippen LogP contribution in [-0.2, 0) is 23.5 Å². The number of nitrogens with zero attached hydrogens (tertiary/aromatic N) is 4. The van der Waals surface area contributed by atoms with E-state index in [0.717, 1.165) is 0 Å². The Kier molecular flexibility index (Phi) is 4.35. The number of hydrogen-bond acceptors (Lipinski definition) is 5. The first-order valence-corrected chi connectivity index (χ1v) is 7.75. The Balaban J connectivity index is 2.12. The van der Waals surface area contributed by atoms with Crippen molar-refractivity contribution in [2.45, 2.75) is 18.2 Å². The molecule has 0 aliphatic carbocycles. The topological polar surface area (TPSA) is 101 Å². The highest BCUT2D eigenvalue weighted by molar-refractivity contribution is 7.89. The molecule has 1 N–H and O–H groups in total. The largest absolute Gasteiger partial charge is 0.321 e. The number of hydrogen-bond donors (Lipinski definition) is 1. The molecule has 8 heteroatoms. The van der Waals surface area contributed by atoms with E-state index in [2.05, 4.69) is 14.9 Å². The van der Waals surface area contributed by atoms with E-state index >= 15 is 0 Å². The van der Waals surface area contributed by atoms with E-state index in [1.165, 1.54) is 6.07 Å². The van der Waals surface area contributed by atoms with Gasteiger partial charge in [0.25, 0.3) is 0 Å². The molecule has 7 nitrogen and oxygen atoms in total. The average molecular weight is 305 g/mol. The van der Waals surface area contributed by atoms with Crippen LogP contribution in [0.5, 0.6) is 0 Å². The van der Waals surface area contributed by atoms with Crippen molar-refractivity contribution in [2.75, 3.05) is 6.54 Å². The molecule has 0 atom stereocenters. The lowest BCUT2D eigenvalue weighted by atomic mass is 10.2. The van der Waals surface area contributed by atoms with Crippen molar-refractivity contribution in [1.82, 2.24) is 19.5 Å². The van der Waals surface area contributed by atoms with Gasteiger partial charge in [0.05, 0.1) is 16.5 Å². The van der Waals surface area contributed by atoms with Crippen molar-refractivity contribution in [1.29, 1.82) is 5.26 Å². The summed E-state index contributed by atoms with van der Waals surface area (Å²) in [4.78, 5) is 0.125. The minimum absolute atomic E-state index is 0.125. The van der Waals surface area contributed by atoms with Gasteiger partial charge in [-0.25, -0.2) is 13.1 Å². The van der Waals surface area contributed by atoms with Crippen LogP contribution in [0, 0.1) is 18.3 Å². The second-order valence-electron chi connectivity index (χ2n) is 4.60. The first kappa shape index (κ1) is 15.2. The van der Waals surface area contributed by atoms with Gasteiger partial charge in [-0.15, -0.1) is 10.2 Å². The summed E-state index contributed by atoms with van der Waals surface area (Å²) in [6, 6.07) is 6.53. The third-order valence-electron chi connectivity index (χ3n) is 3.05. The van der Waals surface area contributed by atoms with Crippen LogP contribution in [0.3, 0.4) is 0 Å². The third-order valence-corrected chi connectivity index (χ3v) is 4.66. The molecule has 0 amide bonds. The van der Waals surface area contributed by atoms with E-state index in [1.807, 2.05) is 6.07 Å². The Morgan fingerprint density at radius 1 is 1.43 bits per heavy atom. The predicted octanol–water partition coefficient (Wildman–Crippen LogP) is 0.516. The van der Waals surface area contributed by atoms with Gasteiger partial charge in [0, 0.05) is 20.0 Å². The number of sulfonamides is 1. The number of nitrogens with one attached hydrogen (secondary N) is 1. The molecule has 0 bridgehead atoms. The minimum atomic E-state index is -3.65. The summed E-state index contributed by atoms with van der Waals surface area (Å²) < 4.78 is 28.8. The van der Waals surface area contributed by atoms with Crippen LogP contribution in [0.4, 0.5) is 0 Å². The van der Waals surface area contributed by atoms with E-state index in [-0.39, 0.29) is 11.4 Å². The Bertz CT molecular complexity index is 789. The van der Waals surface area contributed by atoms with Gasteiger partial charge in [0.2, 0.25) is 10.0 Å². The maximum absolute atomic E-state index is 12.3. The molecule has 0 aliphatic heterocycles. The fourth-order valence-electron chi connectivity index (χ4n) is 1.87. The van der Waals surface area contributed by atoms with E-state index in [1.54, 1.807) is 37.0 Å². The van der Waals surface area contributed by atoms with E-state index in [9.17, 15) is 8.42 Å². The summed E-state index contributed by atoms with van der Waals surface area (Å²) in [5.41, 5.74) is 0.912. The molecule has 1 heterocycles. The van der Waals surface area contributed by atoms with Crippen LogP contribution in [0.15, 0.2) is 29.4 Å². The van der Waals surface area contributed by atoms with Gasteiger partial charge >= 0.3 is 0 Å². The summed E-state index contributed by atoms with van der Waals surface area (Å²) in [7, 11) is -1.85. The molecule has 21 heavy (non-hydrogen) atoms. The molecule has 0 spiro atoms. The Hall–Kier alpha value is -2.24. The van der Waals surface area contributed by atoms with Crippen LogP contribution >= 0.6 is 0 Å². The second kappa shape index (κ2) is 6.03. The normalized spacial score (nSPS) is 11.3. The molecule has 1 aromatic heterocycles. The SMILES string of the molecule is Cc1ccc(C#N)cc1S(=O)(=O)NCCc1nncn1C. The summed E-state index contributed by atoms with van der Waals surface area (Å²) in [5, 5.41) is 16.5. The fourth-order valence-corrected chi connectivity index (χ4v) is 3.17. The number of benzene rings is 1. The quantitative estimate of drug-likeness (QED) is 0.867. The van der Waals surface area contributed by atoms with Crippen molar-refractivity contribution in [2.24, 2.45) is 7.05 Å². The molecule has 0 unspecified atom stereocenters. The molecular formula is C13H15N5O2S. The molecular weight excluding hydrogens is 290 g/mol. The van der Waals surface area contributed by atoms with Gasteiger partial charge in [0.15, 0.2) is 0 Å². The standard InChI is InChI=1S/C13H15N5O2S/c1-10-3-4-11(8-14)7-12(10)21(19,20)16-6-5-13-17-15-9-18(13)2/h3-4,7,9,16H,5-6H2,1-2H3. The zero-order valence-electron chi connectivity index (χ0n) is 11.7. The second-order valence-corrected chi connectivity index (χ2v) is 6.33. The zero-order valence-corrected chi connectivity index (χ0v) is 12.6. The monoisotopic (exact) mass is 305 g/mol. The molecule has 0 radical (unpaired) electrons. The first-order chi connectivity index (χ1) is 9.94. The van der Waals surface area contributed by atoms with Gasteiger partial charge in [-0.05, 0) is 24.6 Å². The lowest BCUT2D eigenvalue weighted by Gasteiger charge is -2.09. The molecule has 0 saturated heterocycles. The summed E-state index contributed by atoms with van der Waals surface area (Å²) in [5.74, 6) is 0.695. The van der Waals surface area contributed by atoms with E-state index < -0.39 is 10.0 Å². The fraction of sp³-hybridized carbons (Fsp3) is 0.308. The van der Waals surface area contributed by atoms with Crippen molar-refractivity contribution in [3.63, 3.8) is 0 Å². The smallest absolute Gasteiger partial charge is 0.240 e. The summed E-state index contributed by atoms with van der Waals surface area (Å²) in [6.45, 7) is 1.91. The first-order valence-electron chi connectivity index (χ1n) is 6.27. The number of rotatable bonds is 5. The molecule has 2 aromatic rings. The third kappa shape index (κ3) is 3.45. The van der Waals surface area contributed by atoms with Gasteiger partial charge < -0.3 is 4.57 Å². The molecule has 2 rings (SSSR count). The molecule has 110 valence electrons. The Labute approximate surface area is 123 Å². The average Bonchev–Trinajstić information content (AvgIpc) is 2.84. The van der Waals surface area contributed by atoms with Crippen molar-refractivity contribution < 1.29 is 8.42 Å². The lowest BCUT2D eigenvalue weighted by molar-refractivity contribution is 0.579. The number of nitriles is 1. The minimum Gasteiger partial charge on any atom is -0.321 e. The Morgan fingerprint density at radius 2 is 2.19 bits per heavy atom. The summed E-state index contributed by atoms with van der Waals surface area (Å²) >= 11 is 0. The van der Waals surface area contributed by atoms with Crippen LogP contribution in [-0.4, -0.2) is 29.7 Å². The van der Waals surface area contributed by atoms with E-state index in [4.69, 9.17) is 5.26 Å². The highest BCUT2D eigenvalue weighted by atomic mass is 32.2. The summed E-state index contributed by atoms with van der Waals surface area (Å²) in [6.07, 6.45) is 2.00. The van der Waals surface area contributed by atoms with Gasteiger partial charge in [-0.3, -0.25) is 0 Å². The highest BCUT2D eigenvalue weighted by Gasteiger charge is 2.17. The van der Waals surface area contributed by atoms with Crippen molar-refractivity contribution in [3.8, 4) is 6.07 Å². The highest BCUT2D eigenvalue weighted by Crippen LogP contribution is 2.16. The van der Waals surface area contributed by atoms with Crippen LogP contribution in [0.1, 0.15) is 17.0 Å². The maximum atomic E-state index is 12.3.